The van der Waals surface area contributed by atoms with Crippen LogP contribution in [0.2, 0.25) is 0 Å². The summed E-state index contributed by atoms with van der Waals surface area (Å²) in [6.07, 6.45) is 10.8. The predicted octanol–water partition coefficient (Wildman–Crippen LogP) is 2.70. The number of hydrogen-bond acceptors (Lipinski definition) is 2. The van der Waals surface area contributed by atoms with E-state index in [2.05, 4.69) is 10.2 Å². The van der Waals surface area contributed by atoms with Gasteiger partial charge in [0, 0.05) is 13.2 Å². The van der Waals surface area contributed by atoms with Gasteiger partial charge in [-0.3, -0.25) is 4.90 Å². The lowest BCUT2D eigenvalue weighted by Gasteiger charge is -2.55. The Morgan fingerprint density at radius 2 is 1.67 bits per heavy atom. The molecule has 102 valence electrons. The maximum absolute atomic E-state index is 3.51. The molecule has 0 aromatic heterocycles. The highest BCUT2D eigenvalue weighted by Gasteiger charge is 2.47. The minimum absolute atomic E-state index is 1.10. The van der Waals surface area contributed by atoms with Gasteiger partial charge in [-0.15, -0.1) is 0 Å². The monoisotopic (exact) mass is 248 g/mol. The van der Waals surface area contributed by atoms with Crippen LogP contribution in [0.3, 0.4) is 0 Å². The van der Waals surface area contributed by atoms with Gasteiger partial charge in [-0.1, -0.05) is 0 Å². The van der Waals surface area contributed by atoms with Crippen molar-refractivity contribution in [1.82, 2.24) is 10.2 Å². The van der Waals surface area contributed by atoms with Crippen molar-refractivity contribution in [2.45, 2.75) is 44.9 Å². The van der Waals surface area contributed by atoms with E-state index in [1.165, 1.54) is 32.5 Å². The molecule has 2 nitrogen and oxygen atoms in total. The van der Waals surface area contributed by atoms with Crippen LogP contribution >= 0.6 is 0 Å². The average Bonchev–Trinajstić information content (AvgIpc) is 2.38. The molecule has 0 aromatic carbocycles. The van der Waals surface area contributed by atoms with E-state index in [-0.39, 0.29) is 0 Å². The summed E-state index contributed by atoms with van der Waals surface area (Å²) in [4.78, 5) is 2.65. The van der Waals surface area contributed by atoms with Gasteiger partial charge in [-0.05, 0) is 87.6 Å². The van der Waals surface area contributed by atoms with Crippen LogP contribution in [0.15, 0.2) is 0 Å². The van der Waals surface area contributed by atoms with E-state index in [1.807, 2.05) is 0 Å². The largest absolute Gasteiger partial charge is 0.304 e. The number of rotatable bonds is 3. The Balaban J connectivity index is 1.34. The first-order chi connectivity index (χ1) is 8.88. The van der Waals surface area contributed by atoms with Crippen LogP contribution in [-0.2, 0) is 0 Å². The first-order valence-corrected chi connectivity index (χ1v) is 8.31. The smallest absolute Gasteiger partial charge is 0.0480 e. The van der Waals surface area contributed by atoms with Crippen LogP contribution in [0.5, 0.6) is 0 Å². The molecule has 0 atom stereocenters. The van der Waals surface area contributed by atoms with Gasteiger partial charge >= 0.3 is 0 Å². The van der Waals surface area contributed by atoms with Gasteiger partial charge in [0.25, 0.3) is 0 Å². The summed E-state index contributed by atoms with van der Waals surface area (Å²) in [6.45, 7) is 5.07. The van der Waals surface area contributed by atoms with Gasteiger partial charge < -0.3 is 5.32 Å². The maximum atomic E-state index is 3.51. The Hall–Kier alpha value is -0.0800. The molecule has 2 heteroatoms. The molecule has 1 N–H and O–H groups in total. The summed E-state index contributed by atoms with van der Waals surface area (Å²) in [7, 11) is 0. The summed E-state index contributed by atoms with van der Waals surface area (Å²) >= 11 is 0. The molecule has 0 radical (unpaired) electrons. The summed E-state index contributed by atoms with van der Waals surface area (Å²) in [6, 6.07) is 0. The van der Waals surface area contributed by atoms with E-state index in [1.54, 1.807) is 32.1 Å². The first kappa shape index (κ1) is 11.7. The zero-order valence-corrected chi connectivity index (χ0v) is 11.6. The molecule has 1 aliphatic heterocycles. The van der Waals surface area contributed by atoms with Gasteiger partial charge in [0.2, 0.25) is 0 Å². The second-order valence-electron chi connectivity index (χ2n) is 7.51. The lowest BCUT2D eigenvalue weighted by molar-refractivity contribution is -0.0431. The van der Waals surface area contributed by atoms with Crippen LogP contribution in [-0.4, -0.2) is 31.2 Å². The molecule has 5 rings (SSSR count). The highest BCUT2D eigenvalue weighted by Crippen LogP contribution is 2.57. The highest BCUT2D eigenvalue weighted by molar-refractivity contribution is 4.98. The van der Waals surface area contributed by atoms with Crippen LogP contribution in [0.1, 0.15) is 44.9 Å². The number of nitrogens with zero attached hydrogens (tertiary/aromatic N) is 1. The molecule has 4 aliphatic carbocycles. The van der Waals surface area contributed by atoms with E-state index >= 15 is 0 Å². The van der Waals surface area contributed by atoms with Gasteiger partial charge in [0.15, 0.2) is 0 Å². The fourth-order valence-electron chi connectivity index (χ4n) is 5.78. The van der Waals surface area contributed by atoms with Crippen molar-refractivity contribution in [2.24, 2.45) is 29.6 Å². The highest BCUT2D eigenvalue weighted by atomic mass is 15.2. The zero-order valence-electron chi connectivity index (χ0n) is 11.6. The Kier molecular flexibility index (Phi) is 3.12. The third kappa shape index (κ3) is 2.12. The third-order valence-electron chi connectivity index (χ3n) is 6.36. The van der Waals surface area contributed by atoms with E-state index < -0.39 is 0 Å². The molecule has 5 aliphatic rings. The minimum atomic E-state index is 1.10. The molecule has 18 heavy (non-hydrogen) atoms. The molecule has 0 spiro atoms. The Labute approximate surface area is 111 Å². The lowest BCUT2D eigenvalue weighted by atomic mass is 9.51. The minimum Gasteiger partial charge on any atom is -0.304 e. The fraction of sp³-hybridized carbons (Fsp3) is 1.00. The summed E-state index contributed by atoms with van der Waals surface area (Å²) in [5.41, 5.74) is 0. The zero-order chi connectivity index (χ0) is 11.9. The Morgan fingerprint density at radius 3 is 2.28 bits per heavy atom. The molecule has 0 amide bonds. The van der Waals surface area contributed by atoms with Crippen molar-refractivity contribution in [3.63, 3.8) is 0 Å². The molecule has 0 aromatic rings. The molecule has 1 heterocycles. The Bertz CT molecular complexity index is 267. The van der Waals surface area contributed by atoms with Crippen molar-refractivity contribution in [2.75, 3.05) is 26.3 Å². The first-order valence-electron chi connectivity index (χ1n) is 8.31. The van der Waals surface area contributed by atoms with Crippen molar-refractivity contribution >= 4 is 0 Å². The van der Waals surface area contributed by atoms with Gasteiger partial charge in [0.1, 0.15) is 0 Å². The van der Waals surface area contributed by atoms with E-state index in [0.29, 0.717) is 0 Å². The van der Waals surface area contributed by atoms with E-state index in [4.69, 9.17) is 0 Å². The summed E-state index contributed by atoms with van der Waals surface area (Å²) in [5, 5.41) is 3.51. The van der Waals surface area contributed by atoms with Gasteiger partial charge in [0.05, 0.1) is 0 Å². The van der Waals surface area contributed by atoms with Crippen LogP contribution in [0, 0.1) is 29.6 Å². The molecule has 0 unspecified atom stereocenters. The number of hydrogen-bond donors (Lipinski definition) is 1. The number of nitrogens with one attached hydrogen (secondary N) is 1. The van der Waals surface area contributed by atoms with Crippen LogP contribution in [0.4, 0.5) is 0 Å². The summed E-state index contributed by atoms with van der Waals surface area (Å²) in [5.74, 6) is 5.62. The van der Waals surface area contributed by atoms with Crippen LogP contribution in [0.25, 0.3) is 0 Å². The normalized spacial score (nSPS) is 47.7. The predicted molar refractivity (Wildman–Crippen MR) is 74.2 cm³/mol. The van der Waals surface area contributed by atoms with Crippen molar-refractivity contribution in [3.8, 4) is 0 Å². The SMILES string of the molecule is C1CNCN(CCC2C3CC4CC(C3)CC2C4)C1. The Morgan fingerprint density at radius 1 is 0.944 bits per heavy atom. The quantitative estimate of drug-likeness (QED) is 0.826. The van der Waals surface area contributed by atoms with Crippen molar-refractivity contribution in [3.05, 3.63) is 0 Å². The molecule has 5 fully saturated rings. The van der Waals surface area contributed by atoms with E-state index in [0.717, 1.165) is 36.3 Å². The molecule has 1 saturated heterocycles. The fourth-order valence-corrected chi connectivity index (χ4v) is 5.78. The topological polar surface area (TPSA) is 15.3 Å². The van der Waals surface area contributed by atoms with Crippen molar-refractivity contribution in [1.29, 1.82) is 0 Å². The second kappa shape index (κ2) is 4.79. The van der Waals surface area contributed by atoms with Crippen LogP contribution < -0.4 is 5.32 Å². The van der Waals surface area contributed by atoms with Gasteiger partial charge in [-0.2, -0.15) is 0 Å². The third-order valence-corrected chi connectivity index (χ3v) is 6.36. The molecular formula is C16H28N2. The average molecular weight is 248 g/mol. The molecule has 4 saturated carbocycles. The van der Waals surface area contributed by atoms with E-state index in [9.17, 15) is 0 Å². The standard InChI is InChI=1S/C16H28N2/c1-3-17-11-18(4-1)5-2-16-14-7-12-6-13(9-14)10-15(16)8-12/h12-17H,1-11H2. The molecular weight excluding hydrogens is 220 g/mol. The lowest BCUT2D eigenvalue weighted by Crippen LogP contribution is -2.47. The van der Waals surface area contributed by atoms with Crippen molar-refractivity contribution < 1.29 is 0 Å². The maximum Gasteiger partial charge on any atom is 0.0480 e. The van der Waals surface area contributed by atoms with Gasteiger partial charge in [-0.25, -0.2) is 0 Å². The second-order valence-corrected chi connectivity index (χ2v) is 7.51. The summed E-state index contributed by atoms with van der Waals surface area (Å²) < 4.78 is 0. The molecule has 4 bridgehead atoms.